The SMILES string of the molecule is CN(C)C=O.[Br-].[Li+]. The summed E-state index contributed by atoms with van der Waals surface area (Å²) in [5, 5.41) is 0. The fourth-order valence-electron chi connectivity index (χ4n) is 0. The Labute approximate surface area is 66.2 Å². The number of hydrogen-bond acceptors (Lipinski definition) is 1. The Kier molecular flexibility index (Phi) is 21.8. The van der Waals surface area contributed by atoms with E-state index in [9.17, 15) is 4.79 Å². The third-order valence-corrected chi connectivity index (χ3v) is 0.211. The van der Waals surface area contributed by atoms with Crippen LogP contribution in [-0.2, 0) is 4.79 Å². The van der Waals surface area contributed by atoms with Crippen molar-refractivity contribution in [2.24, 2.45) is 0 Å². The minimum atomic E-state index is 0. The number of carbonyl (C=O) groups excluding carboxylic acids is 1. The van der Waals surface area contributed by atoms with E-state index in [1.807, 2.05) is 0 Å². The second-order valence-corrected chi connectivity index (χ2v) is 1.07. The van der Waals surface area contributed by atoms with E-state index in [1.165, 1.54) is 4.90 Å². The molecule has 0 aliphatic heterocycles. The van der Waals surface area contributed by atoms with Crippen molar-refractivity contribution < 1.29 is 40.6 Å². The zero-order valence-electron chi connectivity index (χ0n) is 4.81. The molecule has 0 unspecified atom stereocenters. The minimum Gasteiger partial charge on any atom is -1.00 e. The Morgan fingerprint density at radius 1 is 1.43 bits per heavy atom. The van der Waals surface area contributed by atoms with Gasteiger partial charge in [0.15, 0.2) is 0 Å². The molecule has 2 nitrogen and oxygen atoms in total. The summed E-state index contributed by atoms with van der Waals surface area (Å²) in [7, 11) is 3.38. The van der Waals surface area contributed by atoms with E-state index in [1.54, 1.807) is 14.1 Å². The minimum absolute atomic E-state index is 0. The van der Waals surface area contributed by atoms with Crippen LogP contribution < -0.4 is 35.8 Å². The molecule has 0 bridgehead atoms. The molecule has 0 aliphatic rings. The van der Waals surface area contributed by atoms with E-state index in [4.69, 9.17) is 0 Å². The number of rotatable bonds is 1. The molecule has 0 saturated heterocycles. The van der Waals surface area contributed by atoms with Crippen LogP contribution in [0.2, 0.25) is 0 Å². The second kappa shape index (κ2) is 9.74. The van der Waals surface area contributed by atoms with E-state index in [0.29, 0.717) is 0 Å². The van der Waals surface area contributed by atoms with Gasteiger partial charge < -0.3 is 21.9 Å². The molecule has 0 radical (unpaired) electrons. The van der Waals surface area contributed by atoms with Crippen molar-refractivity contribution in [3.63, 3.8) is 0 Å². The number of carbonyl (C=O) groups is 1. The molecule has 0 rings (SSSR count). The van der Waals surface area contributed by atoms with Crippen LogP contribution in [0.25, 0.3) is 0 Å². The van der Waals surface area contributed by atoms with Crippen molar-refractivity contribution in [3.8, 4) is 0 Å². The van der Waals surface area contributed by atoms with Crippen LogP contribution >= 0.6 is 0 Å². The molecule has 0 spiro atoms. The standard InChI is InChI=1S/C3H7NO.BrH.Li/c1-4(2)3-5;;/h3H,1-2H3;1H;/q;;+1/p-1. The van der Waals surface area contributed by atoms with Crippen LogP contribution in [-0.4, -0.2) is 25.4 Å². The Hall–Kier alpha value is 0.547. The Morgan fingerprint density at radius 2 is 1.57 bits per heavy atom. The Balaban J connectivity index is -0.0000000800. The Morgan fingerprint density at radius 3 is 1.57 bits per heavy atom. The van der Waals surface area contributed by atoms with Crippen molar-refractivity contribution in [1.29, 1.82) is 0 Å². The summed E-state index contributed by atoms with van der Waals surface area (Å²) < 4.78 is 0. The molecule has 0 aliphatic carbocycles. The van der Waals surface area contributed by atoms with Gasteiger partial charge in [0.25, 0.3) is 0 Å². The van der Waals surface area contributed by atoms with E-state index in [0.717, 1.165) is 6.41 Å². The number of hydrogen-bond donors (Lipinski definition) is 0. The number of halogens is 1. The summed E-state index contributed by atoms with van der Waals surface area (Å²) >= 11 is 0. The molecule has 4 heteroatoms. The van der Waals surface area contributed by atoms with Gasteiger partial charge in [-0.05, 0) is 0 Å². The molecule has 7 heavy (non-hydrogen) atoms. The van der Waals surface area contributed by atoms with Gasteiger partial charge in [0, 0.05) is 14.1 Å². The van der Waals surface area contributed by atoms with Gasteiger partial charge in [-0.2, -0.15) is 0 Å². The summed E-state index contributed by atoms with van der Waals surface area (Å²) in [5.41, 5.74) is 0. The van der Waals surface area contributed by atoms with E-state index < -0.39 is 0 Å². The quantitative estimate of drug-likeness (QED) is 0.276. The predicted molar refractivity (Wildman–Crippen MR) is 19.8 cm³/mol. The zero-order chi connectivity index (χ0) is 4.28. The zero-order valence-corrected chi connectivity index (χ0v) is 6.40. The summed E-state index contributed by atoms with van der Waals surface area (Å²) in [6, 6.07) is 0. The van der Waals surface area contributed by atoms with Crippen molar-refractivity contribution in [2.45, 2.75) is 0 Å². The van der Waals surface area contributed by atoms with Crippen molar-refractivity contribution >= 4 is 6.41 Å². The van der Waals surface area contributed by atoms with Crippen LogP contribution in [0.5, 0.6) is 0 Å². The van der Waals surface area contributed by atoms with Gasteiger partial charge in [-0.1, -0.05) is 0 Å². The smallest absolute Gasteiger partial charge is 1.00 e. The normalized spacial score (nSPS) is 4.86. The molecule has 38 valence electrons. The molecule has 0 aromatic carbocycles. The predicted octanol–water partition coefficient (Wildman–Crippen LogP) is -6.29. The molecule has 0 atom stereocenters. The summed E-state index contributed by atoms with van der Waals surface area (Å²) in [5.74, 6) is 0. The van der Waals surface area contributed by atoms with Gasteiger partial charge in [0.2, 0.25) is 6.41 Å². The average molecular weight is 160 g/mol. The van der Waals surface area contributed by atoms with Gasteiger partial charge in [-0.3, -0.25) is 4.79 Å². The Bertz CT molecular complexity index is 41.9. The first kappa shape index (κ1) is 15.6. The van der Waals surface area contributed by atoms with Gasteiger partial charge >= 0.3 is 18.9 Å². The first-order chi connectivity index (χ1) is 2.27. The summed E-state index contributed by atoms with van der Waals surface area (Å²) in [6.07, 6.45) is 0.750. The first-order valence-corrected chi connectivity index (χ1v) is 1.39. The maximum atomic E-state index is 9.43. The fraction of sp³-hybridized carbons (Fsp3) is 0.667. The maximum Gasteiger partial charge on any atom is 1.00 e. The van der Waals surface area contributed by atoms with Gasteiger partial charge in [0.1, 0.15) is 0 Å². The third kappa shape index (κ3) is 20.9. The van der Waals surface area contributed by atoms with Crippen molar-refractivity contribution in [2.75, 3.05) is 14.1 Å². The molecule has 0 heterocycles. The largest absolute Gasteiger partial charge is 1.00 e. The van der Waals surface area contributed by atoms with Gasteiger partial charge in [-0.25, -0.2) is 0 Å². The molecule has 0 fully saturated rings. The van der Waals surface area contributed by atoms with Crippen molar-refractivity contribution in [1.82, 2.24) is 4.90 Å². The van der Waals surface area contributed by atoms with Gasteiger partial charge in [0.05, 0.1) is 0 Å². The van der Waals surface area contributed by atoms with E-state index in [-0.39, 0.29) is 35.8 Å². The fourth-order valence-corrected chi connectivity index (χ4v) is 0. The van der Waals surface area contributed by atoms with E-state index in [2.05, 4.69) is 0 Å². The third-order valence-electron chi connectivity index (χ3n) is 0.211. The summed E-state index contributed by atoms with van der Waals surface area (Å²) in [4.78, 5) is 10.9. The maximum absolute atomic E-state index is 9.43. The van der Waals surface area contributed by atoms with Crippen LogP contribution in [0, 0.1) is 0 Å². The molecular weight excluding hydrogens is 153 g/mol. The number of amides is 1. The van der Waals surface area contributed by atoms with Gasteiger partial charge in [-0.15, -0.1) is 0 Å². The van der Waals surface area contributed by atoms with Crippen molar-refractivity contribution in [3.05, 3.63) is 0 Å². The molecule has 0 N–H and O–H groups in total. The summed E-state index contributed by atoms with van der Waals surface area (Å²) in [6.45, 7) is 0. The molecule has 0 aromatic rings. The molecule has 1 amide bonds. The van der Waals surface area contributed by atoms with Crippen LogP contribution in [0.4, 0.5) is 0 Å². The topological polar surface area (TPSA) is 20.3 Å². The van der Waals surface area contributed by atoms with E-state index >= 15 is 0 Å². The molecule has 0 saturated carbocycles. The number of nitrogens with zero attached hydrogens (tertiary/aromatic N) is 1. The average Bonchev–Trinajstić information content (AvgIpc) is 1.38. The van der Waals surface area contributed by atoms with Crippen LogP contribution in [0.15, 0.2) is 0 Å². The first-order valence-electron chi connectivity index (χ1n) is 1.39. The van der Waals surface area contributed by atoms with Crippen LogP contribution in [0.1, 0.15) is 0 Å². The monoisotopic (exact) mass is 159 g/mol. The second-order valence-electron chi connectivity index (χ2n) is 1.07. The molecule has 0 aromatic heterocycles. The molecular formula is C3H7BrLiNO. The van der Waals surface area contributed by atoms with Crippen LogP contribution in [0.3, 0.4) is 0 Å².